The predicted octanol–water partition coefficient (Wildman–Crippen LogP) is 6.30. The summed E-state index contributed by atoms with van der Waals surface area (Å²) < 4.78 is 38.9. The van der Waals surface area contributed by atoms with Crippen molar-refractivity contribution in [2.24, 2.45) is 0 Å². The molecule has 4 rings (SSSR count). The van der Waals surface area contributed by atoms with Crippen LogP contribution >= 0.6 is 34.5 Å². The highest BCUT2D eigenvalue weighted by atomic mass is 35.5. The molecule has 0 unspecified atom stereocenters. The molecular formula is C24H20Cl2N2O5S2. The zero-order valence-electron chi connectivity index (χ0n) is 18.8. The quantitative estimate of drug-likeness (QED) is 0.291. The van der Waals surface area contributed by atoms with Crippen molar-refractivity contribution >= 4 is 71.9 Å². The van der Waals surface area contributed by atoms with Gasteiger partial charge in [0.05, 0.1) is 45.4 Å². The molecule has 0 aliphatic carbocycles. The molecule has 0 fully saturated rings. The molecule has 1 N–H and O–H groups in total. The van der Waals surface area contributed by atoms with E-state index >= 15 is 0 Å². The van der Waals surface area contributed by atoms with Gasteiger partial charge >= 0.3 is 0 Å². The minimum absolute atomic E-state index is 0.0570. The van der Waals surface area contributed by atoms with Gasteiger partial charge in [0.1, 0.15) is 0 Å². The molecule has 0 aliphatic rings. The molecule has 0 saturated carbocycles. The van der Waals surface area contributed by atoms with Crippen LogP contribution in [0.5, 0.6) is 11.5 Å². The normalized spacial score (nSPS) is 11.3. The number of carbonyl (C=O) groups excluding carboxylic acids is 1. The fourth-order valence-electron chi connectivity index (χ4n) is 3.40. The smallest absolute Gasteiger partial charge is 0.265 e. The molecule has 7 nitrogen and oxygen atoms in total. The summed E-state index contributed by atoms with van der Waals surface area (Å²) in [7, 11) is 0.504. The average molecular weight is 551 g/mol. The summed E-state index contributed by atoms with van der Waals surface area (Å²) in [6.45, 7) is 0. The van der Waals surface area contributed by atoms with Gasteiger partial charge < -0.3 is 14.8 Å². The monoisotopic (exact) mass is 550 g/mol. The maximum absolute atomic E-state index is 13.3. The van der Waals surface area contributed by atoms with E-state index in [4.69, 9.17) is 32.7 Å². The van der Waals surface area contributed by atoms with E-state index in [9.17, 15) is 13.2 Å². The Kier molecular flexibility index (Phi) is 7.14. The van der Waals surface area contributed by atoms with Crippen LogP contribution in [0.1, 0.15) is 9.67 Å². The number of thiophene rings is 1. The molecule has 0 bridgehead atoms. The Bertz CT molecular complexity index is 1540. The van der Waals surface area contributed by atoms with E-state index in [0.29, 0.717) is 32.8 Å². The lowest BCUT2D eigenvalue weighted by Gasteiger charge is -2.20. The summed E-state index contributed by atoms with van der Waals surface area (Å²) in [5, 5.41) is 4.08. The average Bonchev–Trinajstić information content (AvgIpc) is 3.29. The molecule has 0 radical (unpaired) electrons. The summed E-state index contributed by atoms with van der Waals surface area (Å²) >= 11 is 13.5. The number of rotatable bonds is 7. The number of nitrogens with zero attached hydrogens (tertiary/aromatic N) is 1. The molecule has 182 valence electrons. The molecule has 0 atom stereocenters. The predicted molar refractivity (Wildman–Crippen MR) is 141 cm³/mol. The number of ether oxygens (including phenoxy) is 2. The number of fused-ring (bicyclic) bond motifs is 1. The number of halogens is 2. The number of benzene rings is 3. The van der Waals surface area contributed by atoms with E-state index in [1.165, 1.54) is 49.0 Å². The van der Waals surface area contributed by atoms with E-state index in [1.807, 2.05) is 0 Å². The molecule has 0 aliphatic heterocycles. The van der Waals surface area contributed by atoms with Gasteiger partial charge in [-0.25, -0.2) is 8.42 Å². The van der Waals surface area contributed by atoms with Crippen LogP contribution in [0.15, 0.2) is 65.6 Å². The number of hydrogen-bond acceptors (Lipinski definition) is 6. The summed E-state index contributed by atoms with van der Waals surface area (Å²) in [6, 6.07) is 16.3. The van der Waals surface area contributed by atoms with Gasteiger partial charge in [0.15, 0.2) is 11.5 Å². The van der Waals surface area contributed by atoms with Gasteiger partial charge in [-0.3, -0.25) is 9.10 Å². The van der Waals surface area contributed by atoms with Crippen LogP contribution < -0.4 is 19.1 Å². The van der Waals surface area contributed by atoms with E-state index in [0.717, 1.165) is 10.1 Å². The third kappa shape index (κ3) is 4.90. The topological polar surface area (TPSA) is 84.9 Å². The Morgan fingerprint density at radius 1 is 0.971 bits per heavy atom. The second-order valence-electron chi connectivity index (χ2n) is 7.38. The summed E-state index contributed by atoms with van der Waals surface area (Å²) in [4.78, 5) is 13.3. The Hall–Kier alpha value is -2.98. The summed E-state index contributed by atoms with van der Waals surface area (Å²) in [6.07, 6.45) is 0. The van der Waals surface area contributed by atoms with Crippen molar-refractivity contribution in [2.45, 2.75) is 4.90 Å². The van der Waals surface area contributed by atoms with Gasteiger partial charge in [-0.05, 0) is 53.9 Å². The van der Waals surface area contributed by atoms with E-state index in [1.54, 1.807) is 48.5 Å². The first-order valence-electron chi connectivity index (χ1n) is 10.2. The van der Waals surface area contributed by atoms with Crippen molar-refractivity contribution in [2.75, 3.05) is 30.9 Å². The van der Waals surface area contributed by atoms with Gasteiger partial charge in [0.25, 0.3) is 15.9 Å². The molecule has 11 heteroatoms. The zero-order valence-corrected chi connectivity index (χ0v) is 22.0. The van der Waals surface area contributed by atoms with Crippen LogP contribution in [-0.2, 0) is 10.0 Å². The van der Waals surface area contributed by atoms with E-state index < -0.39 is 10.0 Å². The Balaban J connectivity index is 1.62. The Labute approximate surface area is 216 Å². The number of hydrogen-bond donors (Lipinski definition) is 1. The van der Waals surface area contributed by atoms with Crippen molar-refractivity contribution in [1.29, 1.82) is 0 Å². The lowest BCUT2D eigenvalue weighted by atomic mass is 10.2. The summed E-state index contributed by atoms with van der Waals surface area (Å²) in [5.74, 6) is 0.396. The molecule has 1 aromatic heterocycles. The van der Waals surface area contributed by atoms with Crippen molar-refractivity contribution in [3.8, 4) is 11.5 Å². The first-order chi connectivity index (χ1) is 16.6. The second-order valence-corrected chi connectivity index (χ2v) is 11.2. The molecule has 0 saturated heterocycles. The second kappa shape index (κ2) is 9.94. The number of methoxy groups -OCH3 is 2. The van der Waals surface area contributed by atoms with E-state index in [-0.39, 0.29) is 15.8 Å². The van der Waals surface area contributed by atoms with Crippen molar-refractivity contribution < 1.29 is 22.7 Å². The molecular weight excluding hydrogens is 531 g/mol. The molecule has 4 aromatic rings. The van der Waals surface area contributed by atoms with Crippen LogP contribution in [-0.4, -0.2) is 35.6 Å². The highest BCUT2D eigenvalue weighted by Gasteiger charge is 2.24. The molecule has 35 heavy (non-hydrogen) atoms. The van der Waals surface area contributed by atoms with Crippen LogP contribution in [0.25, 0.3) is 10.1 Å². The van der Waals surface area contributed by atoms with Crippen LogP contribution in [0.4, 0.5) is 11.4 Å². The van der Waals surface area contributed by atoms with Crippen molar-refractivity contribution in [3.05, 3.63) is 75.6 Å². The maximum Gasteiger partial charge on any atom is 0.265 e. The highest BCUT2D eigenvalue weighted by molar-refractivity contribution is 7.92. The van der Waals surface area contributed by atoms with Crippen LogP contribution in [0, 0.1) is 0 Å². The first kappa shape index (κ1) is 25.1. The number of sulfonamides is 1. The Morgan fingerprint density at radius 2 is 1.71 bits per heavy atom. The first-order valence-corrected chi connectivity index (χ1v) is 13.2. The number of nitrogens with one attached hydrogen (secondary N) is 1. The van der Waals surface area contributed by atoms with E-state index in [2.05, 4.69) is 5.32 Å². The van der Waals surface area contributed by atoms with Crippen LogP contribution in [0.3, 0.4) is 0 Å². The van der Waals surface area contributed by atoms with Gasteiger partial charge in [0.2, 0.25) is 0 Å². The van der Waals surface area contributed by atoms with Crippen LogP contribution in [0.2, 0.25) is 10.0 Å². The molecule has 0 spiro atoms. The third-order valence-corrected chi connectivity index (χ3v) is 9.02. The zero-order chi connectivity index (χ0) is 25.3. The van der Waals surface area contributed by atoms with Gasteiger partial charge in [0, 0.05) is 17.8 Å². The lowest BCUT2D eigenvalue weighted by molar-refractivity contribution is 0.103. The minimum Gasteiger partial charge on any atom is -0.493 e. The van der Waals surface area contributed by atoms with Crippen molar-refractivity contribution in [1.82, 2.24) is 0 Å². The largest absolute Gasteiger partial charge is 0.493 e. The van der Waals surface area contributed by atoms with Crippen molar-refractivity contribution in [3.63, 3.8) is 0 Å². The fourth-order valence-corrected chi connectivity index (χ4v) is 5.89. The molecule has 1 heterocycles. The highest BCUT2D eigenvalue weighted by Crippen LogP contribution is 2.35. The number of carbonyl (C=O) groups is 1. The number of anilines is 2. The maximum atomic E-state index is 13.3. The fraction of sp³-hybridized carbons (Fsp3) is 0.125. The lowest BCUT2D eigenvalue weighted by Crippen LogP contribution is -2.26. The minimum atomic E-state index is -3.88. The van der Waals surface area contributed by atoms with Gasteiger partial charge in [-0.2, -0.15) is 0 Å². The third-order valence-electron chi connectivity index (χ3n) is 5.30. The standard InChI is InChI=1S/C24H20Cl2N2O5S2/c1-28(35(30,31)16-8-9-19(32-2)20(13-16)33-3)15-7-10-21-14(11-15)12-22(34-21)24(29)27-18-6-4-5-17(25)23(18)26/h4-13H,1-3H3,(H,27,29). The number of amides is 1. The molecule has 1 amide bonds. The SMILES string of the molecule is COc1ccc(S(=O)(=O)N(C)c2ccc3sc(C(=O)Nc4cccc(Cl)c4Cl)cc3c2)cc1OC. The van der Waals surface area contributed by atoms with Gasteiger partial charge in [-0.1, -0.05) is 29.3 Å². The van der Waals surface area contributed by atoms with Gasteiger partial charge in [-0.15, -0.1) is 11.3 Å². The molecule has 3 aromatic carbocycles. The summed E-state index contributed by atoms with van der Waals surface area (Å²) in [5.41, 5.74) is 0.845. The Morgan fingerprint density at radius 3 is 2.43 bits per heavy atom.